The van der Waals surface area contributed by atoms with E-state index in [-0.39, 0.29) is 4.90 Å². The van der Waals surface area contributed by atoms with Gasteiger partial charge in [-0.1, -0.05) is 39.8 Å². The van der Waals surface area contributed by atoms with Crippen molar-refractivity contribution in [3.8, 4) is 0 Å². The van der Waals surface area contributed by atoms with Crippen molar-refractivity contribution >= 4 is 16.2 Å². The Morgan fingerprint density at radius 1 is 1.10 bits per heavy atom. The summed E-state index contributed by atoms with van der Waals surface area (Å²) in [5.41, 5.74) is 1.15. The number of nitrogens with one attached hydrogen (secondary N) is 1. The highest BCUT2D eigenvalue weighted by atomic mass is 32.2. The van der Waals surface area contributed by atoms with Crippen molar-refractivity contribution in [1.29, 1.82) is 0 Å². The Balaban J connectivity index is 2.79. The highest BCUT2D eigenvalue weighted by Gasteiger charge is 2.13. The van der Waals surface area contributed by atoms with Crippen LogP contribution in [0.4, 0.5) is 0 Å². The van der Waals surface area contributed by atoms with Gasteiger partial charge in [-0.3, -0.25) is 0 Å². The quantitative estimate of drug-likeness (QED) is 0.585. The third kappa shape index (κ3) is 5.16. The molecule has 0 aromatic heterocycles. The first-order valence-electron chi connectivity index (χ1n) is 7.59. The second-order valence-electron chi connectivity index (χ2n) is 5.33. The smallest absolute Gasteiger partial charge is 0.200 e. The zero-order valence-corrected chi connectivity index (χ0v) is 14.2. The largest absolute Gasteiger partial charge is 0.276 e. The molecule has 0 fully saturated rings. The van der Waals surface area contributed by atoms with Crippen molar-refractivity contribution in [1.82, 2.24) is 4.83 Å². The third-order valence-corrected chi connectivity index (χ3v) is 5.12. The molecule has 0 saturated carbocycles. The molecular formula is C16H26N2O2S. The fourth-order valence-electron chi connectivity index (χ4n) is 1.97. The van der Waals surface area contributed by atoms with Crippen molar-refractivity contribution in [3.63, 3.8) is 0 Å². The molecule has 0 amide bonds. The fraction of sp³-hybridized carbons (Fsp3) is 0.562. The van der Waals surface area contributed by atoms with Crippen molar-refractivity contribution in [2.75, 3.05) is 0 Å². The maximum atomic E-state index is 12.1. The highest BCUT2D eigenvalue weighted by molar-refractivity contribution is 7.89. The Morgan fingerprint density at radius 2 is 1.67 bits per heavy atom. The highest BCUT2D eigenvalue weighted by Crippen LogP contribution is 2.20. The van der Waals surface area contributed by atoms with Gasteiger partial charge in [-0.25, -0.2) is 4.83 Å². The summed E-state index contributed by atoms with van der Waals surface area (Å²) in [7, 11) is -3.57. The summed E-state index contributed by atoms with van der Waals surface area (Å²) >= 11 is 0. The van der Waals surface area contributed by atoms with Gasteiger partial charge in [0.05, 0.1) is 4.90 Å². The van der Waals surface area contributed by atoms with E-state index < -0.39 is 10.0 Å². The molecule has 0 heterocycles. The molecule has 0 aliphatic carbocycles. The Labute approximate surface area is 128 Å². The van der Waals surface area contributed by atoms with Crippen LogP contribution in [0.3, 0.4) is 0 Å². The minimum atomic E-state index is -3.57. The summed E-state index contributed by atoms with van der Waals surface area (Å²) in [6.07, 6.45) is 4.60. The van der Waals surface area contributed by atoms with Gasteiger partial charge in [0.2, 0.25) is 0 Å². The van der Waals surface area contributed by atoms with E-state index in [1.165, 1.54) is 0 Å². The number of hydrogen-bond acceptors (Lipinski definition) is 3. The molecule has 1 aromatic rings. The normalized spacial score (nSPS) is 13.8. The molecule has 1 unspecified atom stereocenters. The second kappa shape index (κ2) is 8.17. The molecule has 21 heavy (non-hydrogen) atoms. The SMILES string of the molecule is CCC(C=NNS(=O)(=O)c1ccc(C(C)CC)cc1)CC. The summed E-state index contributed by atoms with van der Waals surface area (Å²) in [4.78, 5) is 2.53. The number of sulfonamides is 1. The van der Waals surface area contributed by atoms with Crippen LogP contribution < -0.4 is 4.83 Å². The lowest BCUT2D eigenvalue weighted by Crippen LogP contribution is -2.19. The zero-order chi connectivity index (χ0) is 15.9. The minimum absolute atomic E-state index is 0.247. The maximum Gasteiger partial charge on any atom is 0.276 e. The fourth-order valence-corrected chi connectivity index (χ4v) is 2.77. The first kappa shape index (κ1) is 17.7. The molecule has 4 nitrogen and oxygen atoms in total. The van der Waals surface area contributed by atoms with E-state index in [1.807, 2.05) is 12.1 Å². The second-order valence-corrected chi connectivity index (χ2v) is 6.99. The molecule has 5 heteroatoms. The molecule has 0 radical (unpaired) electrons. The molecular weight excluding hydrogens is 284 g/mol. The van der Waals surface area contributed by atoms with Crippen LogP contribution >= 0.6 is 0 Å². The lowest BCUT2D eigenvalue weighted by Gasteiger charge is -2.10. The predicted octanol–water partition coefficient (Wildman–Crippen LogP) is 3.90. The molecule has 0 aliphatic rings. The van der Waals surface area contributed by atoms with E-state index in [9.17, 15) is 8.42 Å². The van der Waals surface area contributed by atoms with E-state index in [0.29, 0.717) is 11.8 Å². The molecule has 1 rings (SSSR count). The number of hydrazone groups is 1. The molecule has 1 N–H and O–H groups in total. The Morgan fingerprint density at radius 3 is 2.14 bits per heavy atom. The number of nitrogens with zero attached hydrogens (tertiary/aromatic N) is 1. The monoisotopic (exact) mass is 310 g/mol. The predicted molar refractivity (Wildman–Crippen MR) is 88.0 cm³/mol. The molecule has 0 spiro atoms. The van der Waals surface area contributed by atoms with Gasteiger partial charge in [-0.2, -0.15) is 13.5 Å². The van der Waals surface area contributed by atoms with Crippen molar-refractivity contribution in [3.05, 3.63) is 29.8 Å². The Bertz CT molecular complexity index is 546. The van der Waals surface area contributed by atoms with Crippen molar-refractivity contribution in [2.24, 2.45) is 11.0 Å². The van der Waals surface area contributed by atoms with Crippen LogP contribution in [-0.4, -0.2) is 14.6 Å². The number of benzene rings is 1. The Kier molecular flexibility index (Phi) is 6.89. The summed E-state index contributed by atoms with van der Waals surface area (Å²) < 4.78 is 24.2. The first-order chi connectivity index (χ1) is 9.94. The Hall–Kier alpha value is -1.36. The summed E-state index contributed by atoms with van der Waals surface area (Å²) in [5.74, 6) is 0.739. The summed E-state index contributed by atoms with van der Waals surface area (Å²) in [5, 5.41) is 3.87. The standard InChI is InChI=1S/C16H26N2O2S/c1-5-13(4)15-8-10-16(11-9-15)21(19,20)18-17-12-14(6-2)7-3/h8-14,18H,5-7H2,1-4H3. The molecule has 118 valence electrons. The average Bonchev–Trinajstić information content (AvgIpc) is 2.51. The van der Waals surface area contributed by atoms with Crippen LogP contribution in [0.2, 0.25) is 0 Å². The van der Waals surface area contributed by atoms with Gasteiger partial charge in [-0.05, 0) is 48.8 Å². The number of hydrogen-bond donors (Lipinski definition) is 1. The molecule has 0 bridgehead atoms. The van der Waals surface area contributed by atoms with E-state index in [2.05, 4.69) is 37.6 Å². The molecule has 1 atom stereocenters. The first-order valence-corrected chi connectivity index (χ1v) is 9.07. The number of rotatable bonds is 8. The van der Waals surface area contributed by atoms with Crippen LogP contribution in [0.1, 0.15) is 58.4 Å². The minimum Gasteiger partial charge on any atom is -0.200 e. The molecule has 0 saturated heterocycles. The lowest BCUT2D eigenvalue weighted by molar-refractivity contribution is 0.583. The van der Waals surface area contributed by atoms with Gasteiger partial charge in [0.25, 0.3) is 10.0 Å². The van der Waals surface area contributed by atoms with Crippen molar-refractivity contribution < 1.29 is 8.42 Å². The van der Waals surface area contributed by atoms with Crippen LogP contribution in [0.25, 0.3) is 0 Å². The lowest BCUT2D eigenvalue weighted by atomic mass is 9.99. The van der Waals surface area contributed by atoms with Crippen LogP contribution in [0.5, 0.6) is 0 Å². The van der Waals surface area contributed by atoms with E-state index in [0.717, 1.165) is 24.8 Å². The zero-order valence-electron chi connectivity index (χ0n) is 13.3. The topological polar surface area (TPSA) is 58.5 Å². The van der Waals surface area contributed by atoms with Crippen LogP contribution in [0, 0.1) is 5.92 Å². The summed E-state index contributed by atoms with van der Waals surface area (Å²) in [6, 6.07) is 7.01. The average molecular weight is 310 g/mol. The maximum absolute atomic E-state index is 12.1. The van der Waals surface area contributed by atoms with Gasteiger partial charge < -0.3 is 0 Å². The third-order valence-electron chi connectivity index (χ3n) is 3.88. The van der Waals surface area contributed by atoms with E-state index in [4.69, 9.17) is 0 Å². The van der Waals surface area contributed by atoms with Gasteiger partial charge in [0.1, 0.15) is 0 Å². The molecule has 1 aromatic carbocycles. The van der Waals surface area contributed by atoms with Gasteiger partial charge >= 0.3 is 0 Å². The van der Waals surface area contributed by atoms with Crippen LogP contribution in [-0.2, 0) is 10.0 Å². The van der Waals surface area contributed by atoms with Gasteiger partial charge in [0, 0.05) is 6.21 Å². The molecule has 0 aliphatic heterocycles. The van der Waals surface area contributed by atoms with Crippen molar-refractivity contribution in [2.45, 2.75) is 57.8 Å². The van der Waals surface area contributed by atoms with Gasteiger partial charge in [-0.15, -0.1) is 0 Å². The van der Waals surface area contributed by atoms with E-state index in [1.54, 1.807) is 18.3 Å². The van der Waals surface area contributed by atoms with Gasteiger partial charge in [0.15, 0.2) is 0 Å². The van der Waals surface area contributed by atoms with Crippen LogP contribution in [0.15, 0.2) is 34.3 Å². The van der Waals surface area contributed by atoms with E-state index >= 15 is 0 Å². The summed E-state index contributed by atoms with van der Waals surface area (Å²) in [6.45, 7) is 8.36.